The molecule has 1 heterocycles. The molecule has 2 aliphatic carbocycles. The molecule has 0 aliphatic heterocycles. The van der Waals surface area contributed by atoms with Crippen LogP contribution in [-0.2, 0) is 11.3 Å². The van der Waals surface area contributed by atoms with Gasteiger partial charge in [-0.2, -0.15) is 9.78 Å². The molecule has 35 heavy (non-hydrogen) atoms. The van der Waals surface area contributed by atoms with E-state index in [-0.39, 0.29) is 29.5 Å². The van der Waals surface area contributed by atoms with Crippen LogP contribution in [0.3, 0.4) is 0 Å². The molecule has 182 valence electrons. The average molecular weight is 475 g/mol. The third-order valence-electron chi connectivity index (χ3n) is 6.79. The van der Waals surface area contributed by atoms with Crippen molar-refractivity contribution in [3.8, 4) is 22.8 Å². The number of hydrogen-bond acceptors (Lipinski definition) is 5. The van der Waals surface area contributed by atoms with E-state index >= 15 is 0 Å². The molecule has 0 unspecified atom stereocenters. The average Bonchev–Trinajstić information content (AvgIpc) is 3.41. The number of ether oxygens (including phenoxy) is 1. The van der Waals surface area contributed by atoms with Gasteiger partial charge in [-0.3, -0.25) is 4.79 Å². The van der Waals surface area contributed by atoms with Crippen molar-refractivity contribution in [3.63, 3.8) is 0 Å². The highest BCUT2D eigenvalue weighted by molar-refractivity contribution is 5.95. The molecule has 2 saturated carbocycles. The second-order valence-corrected chi connectivity index (χ2v) is 9.35. The molecule has 0 bridgehead atoms. The van der Waals surface area contributed by atoms with Crippen molar-refractivity contribution < 1.29 is 19.4 Å². The van der Waals surface area contributed by atoms with Gasteiger partial charge in [0.2, 0.25) is 5.91 Å². The van der Waals surface area contributed by atoms with E-state index in [0.29, 0.717) is 23.5 Å². The van der Waals surface area contributed by atoms with E-state index in [0.717, 1.165) is 55.5 Å². The Morgan fingerprint density at radius 2 is 1.80 bits per heavy atom. The van der Waals surface area contributed by atoms with Crippen LogP contribution in [0.15, 0.2) is 48.5 Å². The third-order valence-corrected chi connectivity index (χ3v) is 6.79. The molecule has 3 aromatic rings. The van der Waals surface area contributed by atoms with Gasteiger partial charge < -0.3 is 20.5 Å². The van der Waals surface area contributed by atoms with E-state index in [4.69, 9.17) is 4.74 Å². The maximum atomic E-state index is 13.2. The molecule has 0 spiro atoms. The Kier molecular flexibility index (Phi) is 6.44. The number of aromatic hydroxyl groups is 1. The normalized spacial score (nSPS) is 15.7. The molecule has 0 saturated heterocycles. The first-order valence-corrected chi connectivity index (χ1v) is 12.2. The largest absolute Gasteiger partial charge is 0.507 e. The van der Waals surface area contributed by atoms with Gasteiger partial charge in [0.15, 0.2) is 0 Å². The predicted octanol–water partition coefficient (Wildman–Crippen LogP) is 5.03. The lowest BCUT2D eigenvalue weighted by molar-refractivity contribution is -0.117. The number of benzene rings is 2. The van der Waals surface area contributed by atoms with Crippen LogP contribution in [0, 0.1) is 5.92 Å². The first-order chi connectivity index (χ1) is 17.0. The molecular weight excluding hydrogens is 444 g/mol. The van der Waals surface area contributed by atoms with Crippen molar-refractivity contribution in [1.29, 1.82) is 0 Å². The molecular formula is C27H30N4O4. The van der Waals surface area contributed by atoms with E-state index in [1.54, 1.807) is 25.3 Å². The molecule has 2 aliphatic rings. The van der Waals surface area contributed by atoms with Crippen molar-refractivity contribution in [2.24, 2.45) is 5.92 Å². The lowest BCUT2D eigenvalue weighted by Gasteiger charge is -2.12. The minimum absolute atomic E-state index is 0.00303. The van der Waals surface area contributed by atoms with Crippen LogP contribution in [-0.4, -0.2) is 33.9 Å². The second-order valence-electron chi connectivity index (χ2n) is 9.35. The van der Waals surface area contributed by atoms with Crippen molar-refractivity contribution in [1.82, 2.24) is 15.1 Å². The number of aromatic nitrogens is 2. The number of anilines is 1. The zero-order valence-corrected chi connectivity index (χ0v) is 19.8. The third kappa shape index (κ3) is 5.16. The number of rotatable bonds is 7. The molecule has 2 fully saturated rings. The number of phenolic OH excluding ortho intramolecular Hbond substituents is 1. The first-order valence-electron chi connectivity index (χ1n) is 12.2. The van der Waals surface area contributed by atoms with Crippen molar-refractivity contribution >= 4 is 17.6 Å². The van der Waals surface area contributed by atoms with E-state index in [9.17, 15) is 14.7 Å². The summed E-state index contributed by atoms with van der Waals surface area (Å²) in [5.41, 5.74) is 3.39. The summed E-state index contributed by atoms with van der Waals surface area (Å²) >= 11 is 0. The van der Waals surface area contributed by atoms with Crippen LogP contribution in [0.1, 0.15) is 55.7 Å². The summed E-state index contributed by atoms with van der Waals surface area (Å²) < 4.78 is 6.62. The summed E-state index contributed by atoms with van der Waals surface area (Å²) in [6.45, 7) is 0.357. The summed E-state index contributed by atoms with van der Waals surface area (Å²) in [5.74, 6) is 1.13. The van der Waals surface area contributed by atoms with Gasteiger partial charge in [0, 0.05) is 29.6 Å². The zero-order chi connectivity index (χ0) is 24.4. The molecule has 2 amide bonds. The first kappa shape index (κ1) is 23.0. The summed E-state index contributed by atoms with van der Waals surface area (Å²) in [6.07, 6.45) is 6.06. The summed E-state index contributed by atoms with van der Waals surface area (Å²) in [7, 11) is 1.62. The number of nitrogens with zero attached hydrogens (tertiary/aromatic N) is 2. The maximum absolute atomic E-state index is 13.2. The Morgan fingerprint density at radius 3 is 2.49 bits per heavy atom. The molecule has 0 atom stereocenters. The number of amides is 2. The van der Waals surface area contributed by atoms with Gasteiger partial charge in [-0.05, 0) is 67.6 Å². The van der Waals surface area contributed by atoms with Gasteiger partial charge >= 0.3 is 6.03 Å². The lowest BCUT2D eigenvalue weighted by atomic mass is 10.0. The zero-order valence-electron chi connectivity index (χ0n) is 19.8. The Morgan fingerprint density at radius 1 is 1.06 bits per heavy atom. The van der Waals surface area contributed by atoms with Crippen LogP contribution in [0.4, 0.5) is 10.5 Å². The number of phenols is 1. The molecule has 0 radical (unpaired) electrons. The van der Waals surface area contributed by atoms with Crippen LogP contribution in [0.25, 0.3) is 11.3 Å². The Hall–Kier alpha value is -3.81. The minimum atomic E-state index is -0.313. The van der Waals surface area contributed by atoms with E-state index < -0.39 is 0 Å². The molecule has 1 aromatic heterocycles. The van der Waals surface area contributed by atoms with Crippen LogP contribution in [0.2, 0.25) is 0 Å². The Labute approximate surface area is 204 Å². The maximum Gasteiger partial charge on any atom is 0.342 e. The molecule has 8 heteroatoms. The number of hydrogen-bond donors (Lipinski definition) is 3. The van der Waals surface area contributed by atoms with Crippen LogP contribution < -0.4 is 15.4 Å². The van der Waals surface area contributed by atoms with Crippen LogP contribution >= 0.6 is 0 Å². The number of carbonyl (C=O) groups excluding carboxylic acids is 2. The highest BCUT2D eigenvalue weighted by atomic mass is 16.5. The summed E-state index contributed by atoms with van der Waals surface area (Å²) in [6, 6.07) is 14.1. The lowest BCUT2D eigenvalue weighted by Crippen LogP contribution is -2.30. The van der Waals surface area contributed by atoms with Crippen LogP contribution in [0.5, 0.6) is 11.5 Å². The van der Waals surface area contributed by atoms with E-state index in [2.05, 4.69) is 15.7 Å². The van der Waals surface area contributed by atoms with Gasteiger partial charge in [0.1, 0.15) is 11.5 Å². The van der Waals surface area contributed by atoms with Gasteiger partial charge in [-0.25, -0.2) is 4.79 Å². The fourth-order valence-electron chi connectivity index (χ4n) is 4.61. The number of nitrogens with one attached hydrogen (secondary N) is 2. The topological polar surface area (TPSA) is 105 Å². The standard InChI is InChI=1S/C27H30N4O4/c1-35-21-11-6-17(7-12-21)16-28-27(34)31-24(18-4-2-3-5-18)15-23(30-31)22-14-20(10-13-25(22)32)29-26(33)19-8-9-19/h6-7,10-15,18-19,32H,2-5,8-9,16H2,1H3,(H,28,34)(H,29,33). The molecule has 5 rings (SSSR count). The minimum Gasteiger partial charge on any atom is -0.507 e. The summed E-state index contributed by atoms with van der Waals surface area (Å²) in [5, 5.41) is 21.0. The fraction of sp³-hybridized carbons (Fsp3) is 0.370. The van der Waals surface area contributed by atoms with E-state index in [1.807, 2.05) is 30.3 Å². The predicted molar refractivity (Wildman–Crippen MR) is 133 cm³/mol. The molecule has 8 nitrogen and oxygen atoms in total. The van der Waals surface area contributed by atoms with Crippen molar-refractivity contribution in [2.75, 3.05) is 12.4 Å². The summed E-state index contributed by atoms with van der Waals surface area (Å²) in [4.78, 5) is 25.4. The van der Waals surface area contributed by atoms with Crippen molar-refractivity contribution in [2.45, 2.75) is 51.0 Å². The Bertz CT molecular complexity index is 1220. The number of methoxy groups -OCH3 is 1. The smallest absolute Gasteiger partial charge is 0.342 e. The van der Waals surface area contributed by atoms with Gasteiger partial charge in [0.05, 0.1) is 18.5 Å². The number of carbonyl (C=O) groups is 2. The quantitative estimate of drug-likeness (QED) is 0.417. The van der Waals surface area contributed by atoms with Gasteiger partial charge in [-0.15, -0.1) is 0 Å². The van der Waals surface area contributed by atoms with Gasteiger partial charge in [0.25, 0.3) is 0 Å². The SMILES string of the molecule is COc1ccc(CNC(=O)n2nc(-c3cc(NC(=O)C4CC4)ccc3O)cc2C2CCCC2)cc1. The monoisotopic (exact) mass is 474 g/mol. The fourth-order valence-corrected chi connectivity index (χ4v) is 4.61. The highest BCUT2D eigenvalue weighted by Gasteiger charge is 2.30. The Balaban J connectivity index is 1.40. The van der Waals surface area contributed by atoms with Crippen molar-refractivity contribution in [3.05, 3.63) is 59.8 Å². The van der Waals surface area contributed by atoms with E-state index in [1.165, 1.54) is 4.68 Å². The molecule has 2 aromatic carbocycles. The highest BCUT2D eigenvalue weighted by Crippen LogP contribution is 2.38. The molecule has 3 N–H and O–H groups in total. The van der Waals surface area contributed by atoms with Gasteiger partial charge in [-0.1, -0.05) is 25.0 Å². The second kappa shape index (κ2) is 9.82.